The fraction of sp³-hybridized carbons (Fsp3) is 0.415. The normalized spacial score (nSPS) is 20.2. The number of hydrogen-bond donors (Lipinski definition) is 3. The Hall–Kier alpha value is -4.89. The Labute approximate surface area is 329 Å². The van der Waals surface area contributed by atoms with E-state index in [9.17, 15) is 23.8 Å². The van der Waals surface area contributed by atoms with Crippen LogP contribution >= 0.6 is 11.6 Å². The maximum absolute atomic E-state index is 14.1. The van der Waals surface area contributed by atoms with E-state index >= 15 is 0 Å². The number of carboxylic acid groups (broad SMARTS) is 1. The molecule has 1 aliphatic carbocycles. The molecule has 56 heavy (non-hydrogen) atoms. The Morgan fingerprint density at radius 3 is 2.50 bits per heavy atom. The summed E-state index contributed by atoms with van der Waals surface area (Å²) in [7, 11) is 3.56. The average molecular weight is 787 g/mol. The summed E-state index contributed by atoms with van der Waals surface area (Å²) in [5.74, 6) is -1.08. The number of aliphatic hydroxyl groups is 1. The lowest BCUT2D eigenvalue weighted by molar-refractivity contribution is -0.143. The van der Waals surface area contributed by atoms with E-state index < -0.39 is 23.8 Å². The Bertz CT molecular complexity index is 2250. The zero-order valence-electron chi connectivity index (χ0n) is 31.8. The highest BCUT2D eigenvalue weighted by Crippen LogP contribution is 2.40. The van der Waals surface area contributed by atoms with Crippen molar-refractivity contribution in [3.63, 3.8) is 0 Å². The summed E-state index contributed by atoms with van der Waals surface area (Å²) in [6.45, 7) is 5.95. The smallest absolute Gasteiger partial charge is 0.306 e. The Balaban J connectivity index is 1.14. The predicted molar refractivity (Wildman–Crippen MR) is 210 cm³/mol. The molecule has 3 N–H and O–H groups in total. The van der Waals surface area contributed by atoms with Gasteiger partial charge < -0.3 is 20.3 Å². The van der Waals surface area contributed by atoms with Crippen molar-refractivity contribution in [3.05, 3.63) is 82.5 Å². The standard InChI is InChI=1S/C41H45ClF2N8O4/c1-23-27(7-6-10-30(23)47-37-35-31(48-38(50-37)36(43)44)17-24(18-46-35)20-52-16-15-41(2,55)22-52)28-8-5-9-29(34(28)42)32-19-45-33(39(49-32)56-4)21-51(3)26-13-11-25(12-14-26)40(53)54/h5-10,17-19,25-26,36,55H,11-16,20-22H2,1-4H3,(H,53,54)(H,47,48,50)/t25?,26?,41-/m1/s1. The van der Waals surface area contributed by atoms with Gasteiger partial charge in [0.15, 0.2) is 11.6 Å². The third-order valence-corrected chi connectivity index (χ3v) is 11.4. The van der Waals surface area contributed by atoms with Crippen molar-refractivity contribution in [2.45, 2.75) is 77.1 Å². The molecule has 0 radical (unpaired) electrons. The molecule has 15 heteroatoms. The van der Waals surface area contributed by atoms with E-state index in [-0.39, 0.29) is 17.8 Å². The first kappa shape index (κ1) is 39.3. The van der Waals surface area contributed by atoms with Crippen LogP contribution in [0.4, 0.5) is 20.3 Å². The largest absolute Gasteiger partial charge is 0.481 e. The summed E-state index contributed by atoms with van der Waals surface area (Å²) in [5.41, 5.74) is 5.50. The monoisotopic (exact) mass is 786 g/mol. The minimum Gasteiger partial charge on any atom is -0.481 e. The molecule has 0 unspecified atom stereocenters. The quantitative estimate of drug-likeness (QED) is 0.113. The molecule has 1 saturated carbocycles. The van der Waals surface area contributed by atoms with Gasteiger partial charge in [-0.05, 0) is 81.8 Å². The van der Waals surface area contributed by atoms with Gasteiger partial charge in [0.05, 0.1) is 41.1 Å². The van der Waals surface area contributed by atoms with E-state index in [0.29, 0.717) is 83.5 Å². The molecule has 1 aliphatic heterocycles. The molecule has 2 fully saturated rings. The number of nitrogens with one attached hydrogen (secondary N) is 1. The molecule has 7 rings (SSSR count). The highest BCUT2D eigenvalue weighted by molar-refractivity contribution is 6.36. The number of alkyl halides is 2. The van der Waals surface area contributed by atoms with E-state index in [1.165, 1.54) is 0 Å². The lowest BCUT2D eigenvalue weighted by Crippen LogP contribution is -2.36. The zero-order chi connectivity index (χ0) is 39.7. The van der Waals surface area contributed by atoms with Crippen molar-refractivity contribution >= 4 is 40.1 Å². The summed E-state index contributed by atoms with van der Waals surface area (Å²) in [6, 6.07) is 13.3. The molecule has 4 heterocycles. The second-order valence-corrected chi connectivity index (χ2v) is 15.5. The van der Waals surface area contributed by atoms with Crippen molar-refractivity contribution in [1.29, 1.82) is 0 Å². The minimum atomic E-state index is -2.89. The summed E-state index contributed by atoms with van der Waals surface area (Å²) in [5, 5.41) is 23.5. The van der Waals surface area contributed by atoms with Crippen LogP contribution in [0, 0.1) is 12.8 Å². The van der Waals surface area contributed by atoms with Crippen LogP contribution in [0.2, 0.25) is 5.02 Å². The number of hydrogen-bond acceptors (Lipinski definition) is 11. The van der Waals surface area contributed by atoms with Crippen molar-refractivity contribution in [3.8, 4) is 28.3 Å². The SMILES string of the molecule is COc1nc(-c2cccc(-c3cccc(Nc4nc(C(F)F)nc5cc(CN6CC[C@@](C)(O)C6)cnc45)c3C)c2Cl)cnc1CN(C)C1CCC(C(=O)O)CC1. The van der Waals surface area contributed by atoms with Crippen LogP contribution in [0.3, 0.4) is 0 Å². The van der Waals surface area contributed by atoms with Gasteiger partial charge in [-0.15, -0.1) is 0 Å². The van der Waals surface area contributed by atoms with Gasteiger partial charge in [-0.2, -0.15) is 0 Å². The number of likely N-dealkylation sites (tertiary alicyclic amines) is 1. The number of β-amino-alcohol motifs (C(OH)–C–C–N with tert-alkyl or cyclic N) is 1. The second kappa shape index (κ2) is 16.3. The summed E-state index contributed by atoms with van der Waals surface area (Å²) in [4.78, 5) is 38.2. The molecule has 1 saturated heterocycles. The summed E-state index contributed by atoms with van der Waals surface area (Å²) >= 11 is 7.13. The van der Waals surface area contributed by atoms with Gasteiger partial charge in [0, 0.05) is 55.2 Å². The molecule has 0 bridgehead atoms. The number of nitrogens with zero attached hydrogens (tertiary/aromatic N) is 7. The van der Waals surface area contributed by atoms with Crippen LogP contribution in [0.5, 0.6) is 5.88 Å². The van der Waals surface area contributed by atoms with Crippen LogP contribution in [0.15, 0.2) is 54.9 Å². The molecule has 0 spiro atoms. The van der Waals surface area contributed by atoms with Crippen LogP contribution in [-0.2, 0) is 17.9 Å². The highest BCUT2D eigenvalue weighted by Gasteiger charge is 2.32. The molecular weight excluding hydrogens is 742 g/mol. The Morgan fingerprint density at radius 2 is 1.80 bits per heavy atom. The molecule has 0 amide bonds. The van der Waals surface area contributed by atoms with Crippen molar-refractivity contribution in [1.82, 2.24) is 34.7 Å². The Kier molecular flexibility index (Phi) is 11.5. The number of halogens is 3. The number of methoxy groups -OCH3 is 1. The van der Waals surface area contributed by atoms with E-state index in [1.807, 2.05) is 50.4 Å². The lowest BCUT2D eigenvalue weighted by atomic mass is 9.85. The second-order valence-electron chi connectivity index (χ2n) is 15.1. The predicted octanol–water partition coefficient (Wildman–Crippen LogP) is 7.83. The van der Waals surface area contributed by atoms with Gasteiger partial charge in [0.25, 0.3) is 6.43 Å². The number of ether oxygens (including phenoxy) is 1. The molecule has 294 valence electrons. The van der Waals surface area contributed by atoms with Crippen LogP contribution < -0.4 is 10.1 Å². The fourth-order valence-electron chi connectivity index (χ4n) is 7.84. The van der Waals surface area contributed by atoms with E-state index in [1.54, 1.807) is 32.5 Å². The van der Waals surface area contributed by atoms with Gasteiger partial charge >= 0.3 is 5.97 Å². The number of fused-ring (bicyclic) bond motifs is 1. The van der Waals surface area contributed by atoms with Gasteiger partial charge in [0.2, 0.25) is 5.88 Å². The molecule has 3 aromatic heterocycles. The third-order valence-electron chi connectivity index (χ3n) is 11.0. The first-order chi connectivity index (χ1) is 26.8. The van der Waals surface area contributed by atoms with E-state index in [2.05, 4.69) is 30.1 Å². The maximum Gasteiger partial charge on any atom is 0.306 e. The molecule has 12 nitrogen and oxygen atoms in total. The molecular formula is C41H45ClF2N8O4. The molecule has 2 aliphatic rings. The first-order valence-electron chi connectivity index (χ1n) is 18.7. The number of aliphatic carboxylic acids is 1. The number of carboxylic acids is 1. The number of anilines is 2. The van der Waals surface area contributed by atoms with Gasteiger partial charge in [-0.1, -0.05) is 41.9 Å². The van der Waals surface area contributed by atoms with Gasteiger partial charge in [-0.25, -0.2) is 23.7 Å². The highest BCUT2D eigenvalue weighted by atomic mass is 35.5. The van der Waals surface area contributed by atoms with Crippen LogP contribution in [-0.4, -0.2) is 89.8 Å². The zero-order valence-corrected chi connectivity index (χ0v) is 32.5. The summed E-state index contributed by atoms with van der Waals surface area (Å²) < 4.78 is 33.9. The molecule has 5 aromatic rings. The van der Waals surface area contributed by atoms with Crippen molar-refractivity contribution in [2.75, 3.05) is 32.6 Å². The lowest BCUT2D eigenvalue weighted by Gasteiger charge is -2.33. The Morgan fingerprint density at radius 1 is 1.07 bits per heavy atom. The number of aromatic nitrogens is 5. The minimum absolute atomic E-state index is 0.155. The maximum atomic E-state index is 14.1. The fourth-order valence-corrected chi connectivity index (χ4v) is 8.16. The number of pyridine rings is 1. The van der Waals surface area contributed by atoms with E-state index in [0.717, 1.165) is 41.6 Å². The average Bonchev–Trinajstić information content (AvgIpc) is 3.53. The summed E-state index contributed by atoms with van der Waals surface area (Å²) in [6.07, 6.45) is 4.04. The molecule has 2 aromatic carbocycles. The van der Waals surface area contributed by atoms with Crippen molar-refractivity contribution in [2.24, 2.45) is 5.92 Å². The number of benzene rings is 2. The van der Waals surface area contributed by atoms with Gasteiger partial charge in [-0.3, -0.25) is 24.6 Å². The topological polar surface area (TPSA) is 150 Å². The number of carbonyl (C=O) groups is 1. The first-order valence-corrected chi connectivity index (χ1v) is 19.1. The van der Waals surface area contributed by atoms with Crippen LogP contribution in [0.1, 0.15) is 68.1 Å². The van der Waals surface area contributed by atoms with Crippen molar-refractivity contribution < 1.29 is 28.5 Å². The van der Waals surface area contributed by atoms with Crippen LogP contribution in [0.25, 0.3) is 33.4 Å². The van der Waals surface area contributed by atoms with Gasteiger partial charge in [0.1, 0.15) is 11.2 Å². The van der Waals surface area contributed by atoms with E-state index in [4.69, 9.17) is 26.3 Å². The molecule has 1 atom stereocenters. The third kappa shape index (κ3) is 8.43. The number of rotatable bonds is 12.